The lowest BCUT2D eigenvalue weighted by molar-refractivity contribution is 0.0954. The van der Waals surface area contributed by atoms with Crippen molar-refractivity contribution in [1.29, 1.82) is 0 Å². The lowest BCUT2D eigenvalue weighted by Gasteiger charge is -2.10. The number of carbonyl (C=O) groups is 1. The van der Waals surface area contributed by atoms with E-state index >= 15 is 0 Å². The molecule has 0 aliphatic carbocycles. The monoisotopic (exact) mass is 380 g/mol. The van der Waals surface area contributed by atoms with Crippen LogP contribution in [0, 0.1) is 6.92 Å². The fourth-order valence-corrected chi connectivity index (χ4v) is 3.00. The van der Waals surface area contributed by atoms with Crippen LogP contribution in [0.25, 0.3) is 11.3 Å². The Hall–Kier alpha value is -3.29. The van der Waals surface area contributed by atoms with Crippen molar-refractivity contribution >= 4 is 5.91 Å². The maximum absolute atomic E-state index is 12.5. The van der Waals surface area contributed by atoms with E-state index in [1.807, 2.05) is 31.3 Å². The minimum atomic E-state index is -0.267. The molecule has 2 heterocycles. The zero-order valence-corrected chi connectivity index (χ0v) is 16.3. The summed E-state index contributed by atoms with van der Waals surface area (Å²) in [5.74, 6) is 1.12. The van der Waals surface area contributed by atoms with Crippen LogP contribution in [0.3, 0.4) is 0 Å². The van der Waals surface area contributed by atoms with Crippen LogP contribution >= 0.6 is 0 Å². The third-order valence-electron chi connectivity index (χ3n) is 4.51. The number of amides is 1. The average Bonchev–Trinajstić information content (AvgIpc) is 3.02. The first-order valence-electron chi connectivity index (χ1n) is 9.31. The molecule has 0 spiro atoms. The van der Waals surface area contributed by atoms with Crippen LogP contribution in [0.1, 0.15) is 40.9 Å². The van der Waals surface area contributed by atoms with Crippen molar-refractivity contribution in [2.45, 2.75) is 33.1 Å². The van der Waals surface area contributed by atoms with E-state index in [-0.39, 0.29) is 11.6 Å². The van der Waals surface area contributed by atoms with Crippen molar-refractivity contribution in [3.05, 3.63) is 63.7 Å². The topological polar surface area (TPSA) is 106 Å². The van der Waals surface area contributed by atoms with Gasteiger partial charge >= 0.3 is 5.69 Å². The second-order valence-corrected chi connectivity index (χ2v) is 6.63. The molecule has 2 aromatic heterocycles. The predicted molar refractivity (Wildman–Crippen MR) is 106 cm³/mol. The van der Waals surface area contributed by atoms with E-state index in [1.54, 1.807) is 13.1 Å². The normalized spacial score (nSPS) is 10.8. The summed E-state index contributed by atoms with van der Waals surface area (Å²) in [6.45, 7) is 4.36. The minimum absolute atomic E-state index is 0.176. The fourth-order valence-electron chi connectivity index (χ4n) is 3.00. The highest BCUT2D eigenvalue weighted by Crippen LogP contribution is 2.23. The van der Waals surface area contributed by atoms with Gasteiger partial charge in [0.2, 0.25) is 0 Å². The Balaban J connectivity index is 1.74. The summed E-state index contributed by atoms with van der Waals surface area (Å²) in [7, 11) is 1.64. The van der Waals surface area contributed by atoms with Gasteiger partial charge in [-0.2, -0.15) is 5.10 Å². The number of hydrogen-bond acceptors (Lipinski definition) is 5. The van der Waals surface area contributed by atoms with E-state index in [4.69, 9.17) is 0 Å². The Bertz CT molecular complexity index is 1040. The number of rotatable bonds is 7. The Labute approximate surface area is 163 Å². The molecule has 0 bridgehead atoms. The first-order chi connectivity index (χ1) is 13.5. The minimum Gasteiger partial charge on any atom is -0.352 e. The first-order valence-corrected chi connectivity index (χ1v) is 9.31. The second kappa shape index (κ2) is 8.60. The van der Waals surface area contributed by atoms with Crippen LogP contribution in [0.4, 0.5) is 0 Å². The molecule has 3 rings (SSSR count). The molecular formula is C20H24N6O2. The number of nitrogens with zero attached hydrogens (tertiary/aromatic N) is 4. The third-order valence-corrected chi connectivity index (χ3v) is 4.51. The second-order valence-electron chi connectivity index (χ2n) is 6.63. The Kier molecular flexibility index (Phi) is 5.98. The summed E-state index contributed by atoms with van der Waals surface area (Å²) in [4.78, 5) is 32.8. The quantitative estimate of drug-likeness (QED) is 0.650. The molecule has 2 N–H and O–H groups in total. The number of hydrogen-bond donors (Lipinski definition) is 2. The average molecular weight is 380 g/mol. The van der Waals surface area contributed by atoms with Gasteiger partial charge in [-0.15, -0.1) is 0 Å². The van der Waals surface area contributed by atoms with Gasteiger partial charge in [0.25, 0.3) is 5.91 Å². The molecule has 0 atom stereocenters. The van der Waals surface area contributed by atoms with Gasteiger partial charge < -0.3 is 5.32 Å². The van der Waals surface area contributed by atoms with Gasteiger partial charge in [-0.1, -0.05) is 25.5 Å². The first kappa shape index (κ1) is 19.5. The lowest BCUT2D eigenvalue weighted by Crippen LogP contribution is -2.27. The number of aryl methyl sites for hydroxylation is 2. The standard InChI is InChI=1S/C20H24N6O2/c1-4-6-16-12-22-13(2)23-18(16)14-7-5-8-15(11-14)19(27)21-10-9-17-24-25-20(28)26(17)3/h5,7-8,11-12H,4,6,9-10H2,1-3H3,(H,21,27)(H,25,28). The van der Waals surface area contributed by atoms with E-state index in [1.165, 1.54) is 4.57 Å². The summed E-state index contributed by atoms with van der Waals surface area (Å²) < 4.78 is 1.43. The van der Waals surface area contributed by atoms with Crippen molar-refractivity contribution in [1.82, 2.24) is 30.0 Å². The van der Waals surface area contributed by atoms with Gasteiger partial charge in [0.05, 0.1) is 5.69 Å². The number of benzene rings is 1. The molecule has 8 nitrogen and oxygen atoms in total. The van der Waals surface area contributed by atoms with Gasteiger partial charge in [-0.25, -0.2) is 19.9 Å². The van der Waals surface area contributed by atoms with Crippen molar-refractivity contribution in [2.75, 3.05) is 6.54 Å². The molecule has 28 heavy (non-hydrogen) atoms. The van der Waals surface area contributed by atoms with E-state index in [0.29, 0.717) is 30.2 Å². The van der Waals surface area contributed by atoms with Gasteiger partial charge in [0.1, 0.15) is 11.6 Å². The molecule has 0 saturated heterocycles. The molecular weight excluding hydrogens is 356 g/mol. The SMILES string of the molecule is CCCc1cnc(C)nc1-c1cccc(C(=O)NCCc2n[nH]c(=O)n2C)c1. The highest BCUT2D eigenvalue weighted by Gasteiger charge is 2.12. The molecule has 0 aliphatic rings. The van der Waals surface area contributed by atoms with Crippen LogP contribution in [0.2, 0.25) is 0 Å². The number of aromatic nitrogens is 5. The van der Waals surface area contributed by atoms with Crippen LogP contribution in [0.15, 0.2) is 35.3 Å². The van der Waals surface area contributed by atoms with Crippen molar-refractivity contribution < 1.29 is 4.79 Å². The summed E-state index contributed by atoms with van der Waals surface area (Å²) in [5.41, 5.74) is 3.14. The van der Waals surface area contributed by atoms with Crippen LogP contribution in [-0.2, 0) is 19.9 Å². The van der Waals surface area contributed by atoms with Gasteiger partial charge in [-0.3, -0.25) is 9.36 Å². The molecule has 1 aromatic carbocycles. The summed E-state index contributed by atoms with van der Waals surface area (Å²) in [5, 5.41) is 9.19. The number of nitrogens with one attached hydrogen (secondary N) is 2. The maximum Gasteiger partial charge on any atom is 0.343 e. The zero-order valence-electron chi connectivity index (χ0n) is 16.3. The van der Waals surface area contributed by atoms with Gasteiger partial charge in [0, 0.05) is 37.3 Å². The fraction of sp³-hybridized carbons (Fsp3) is 0.350. The predicted octanol–water partition coefficient (Wildman–Crippen LogP) is 1.80. The number of carbonyl (C=O) groups excluding carboxylic acids is 1. The summed E-state index contributed by atoms with van der Waals surface area (Å²) >= 11 is 0. The molecule has 0 unspecified atom stereocenters. The highest BCUT2D eigenvalue weighted by atomic mass is 16.2. The molecule has 1 amide bonds. The highest BCUT2D eigenvalue weighted by molar-refractivity contribution is 5.95. The summed E-state index contributed by atoms with van der Waals surface area (Å²) in [6, 6.07) is 7.43. The Morgan fingerprint density at radius 3 is 2.82 bits per heavy atom. The van der Waals surface area contributed by atoms with Crippen LogP contribution < -0.4 is 11.0 Å². The molecule has 0 fully saturated rings. The molecule has 8 heteroatoms. The maximum atomic E-state index is 12.5. The Morgan fingerprint density at radius 1 is 1.29 bits per heavy atom. The van der Waals surface area contributed by atoms with Crippen LogP contribution in [0.5, 0.6) is 0 Å². The van der Waals surface area contributed by atoms with Crippen molar-refractivity contribution in [3.8, 4) is 11.3 Å². The van der Waals surface area contributed by atoms with E-state index < -0.39 is 0 Å². The van der Waals surface area contributed by atoms with Crippen molar-refractivity contribution in [3.63, 3.8) is 0 Å². The van der Waals surface area contributed by atoms with Gasteiger partial charge in [0.15, 0.2) is 0 Å². The molecule has 0 aliphatic heterocycles. The zero-order chi connectivity index (χ0) is 20.1. The third kappa shape index (κ3) is 4.33. The van der Waals surface area contributed by atoms with Gasteiger partial charge in [-0.05, 0) is 31.0 Å². The van der Waals surface area contributed by atoms with Crippen LogP contribution in [-0.4, -0.2) is 37.2 Å². The number of aromatic amines is 1. The molecule has 3 aromatic rings. The van der Waals surface area contributed by atoms with E-state index in [2.05, 4.69) is 32.4 Å². The molecule has 0 radical (unpaired) electrons. The molecule has 0 saturated carbocycles. The van der Waals surface area contributed by atoms with E-state index in [9.17, 15) is 9.59 Å². The summed E-state index contributed by atoms with van der Waals surface area (Å²) in [6.07, 6.45) is 4.21. The number of H-pyrrole nitrogens is 1. The van der Waals surface area contributed by atoms with Crippen molar-refractivity contribution in [2.24, 2.45) is 7.05 Å². The Morgan fingerprint density at radius 2 is 2.11 bits per heavy atom. The van der Waals surface area contributed by atoms with E-state index in [0.717, 1.165) is 29.7 Å². The largest absolute Gasteiger partial charge is 0.352 e. The lowest BCUT2D eigenvalue weighted by atomic mass is 10.0. The smallest absolute Gasteiger partial charge is 0.343 e. The molecule has 146 valence electrons.